The van der Waals surface area contributed by atoms with Crippen LogP contribution in [0.25, 0.3) is 0 Å². The van der Waals surface area contributed by atoms with Crippen molar-refractivity contribution < 1.29 is 21.5 Å². The molecule has 0 bridgehead atoms. The van der Waals surface area contributed by atoms with Crippen molar-refractivity contribution in [3.05, 3.63) is 18.2 Å². The highest BCUT2D eigenvalue weighted by Crippen LogP contribution is 2.11. The van der Waals surface area contributed by atoms with E-state index in [1.54, 1.807) is 5.82 Å². The molecular formula is C12H21BrN2. The Labute approximate surface area is 103 Å². The standard InChI is InChI=1S/C12H21N2.BrH/c1-2-3-5-8-13-10-11-14-9-6-4-7-12(13)14;/h10-11H,2-9H2,1H3;1H/q+1;/p-1. The van der Waals surface area contributed by atoms with Gasteiger partial charge in [-0.2, -0.15) is 0 Å². The maximum atomic E-state index is 2.45. The molecule has 2 heterocycles. The number of halogens is 1. The molecule has 2 nitrogen and oxygen atoms in total. The number of hydrogen-bond acceptors (Lipinski definition) is 0. The molecule has 3 heteroatoms. The number of fused-ring (bicyclic) bond motifs is 1. The quantitative estimate of drug-likeness (QED) is 0.507. The van der Waals surface area contributed by atoms with Crippen molar-refractivity contribution in [3.63, 3.8) is 0 Å². The molecule has 0 amide bonds. The van der Waals surface area contributed by atoms with E-state index in [0.29, 0.717) is 0 Å². The van der Waals surface area contributed by atoms with Gasteiger partial charge >= 0.3 is 0 Å². The van der Waals surface area contributed by atoms with Crippen molar-refractivity contribution in [1.29, 1.82) is 0 Å². The third kappa shape index (κ3) is 3.07. The lowest BCUT2D eigenvalue weighted by atomic mass is 10.1. The monoisotopic (exact) mass is 272 g/mol. The maximum Gasteiger partial charge on any atom is 0.256 e. The minimum Gasteiger partial charge on any atom is -1.00 e. The Morgan fingerprint density at radius 1 is 1.33 bits per heavy atom. The van der Waals surface area contributed by atoms with Crippen molar-refractivity contribution in [1.82, 2.24) is 4.57 Å². The molecule has 0 radical (unpaired) electrons. The summed E-state index contributed by atoms with van der Waals surface area (Å²) in [7, 11) is 0. The molecule has 0 spiro atoms. The Morgan fingerprint density at radius 3 is 3.00 bits per heavy atom. The second-order valence-electron chi connectivity index (χ2n) is 4.27. The Kier molecular flexibility index (Phi) is 5.37. The van der Waals surface area contributed by atoms with Gasteiger partial charge in [0.25, 0.3) is 5.82 Å². The summed E-state index contributed by atoms with van der Waals surface area (Å²) in [5.74, 6) is 1.55. The van der Waals surface area contributed by atoms with Gasteiger partial charge in [0.15, 0.2) is 0 Å². The lowest BCUT2D eigenvalue weighted by molar-refractivity contribution is -0.704. The molecule has 15 heavy (non-hydrogen) atoms. The third-order valence-corrected chi connectivity index (χ3v) is 3.14. The van der Waals surface area contributed by atoms with Gasteiger partial charge in [0.2, 0.25) is 0 Å². The van der Waals surface area contributed by atoms with Crippen LogP contribution in [0.15, 0.2) is 12.4 Å². The van der Waals surface area contributed by atoms with E-state index >= 15 is 0 Å². The predicted molar refractivity (Wildman–Crippen MR) is 57.1 cm³/mol. The average Bonchev–Trinajstić information content (AvgIpc) is 2.63. The Bertz CT molecular complexity index is 294. The van der Waals surface area contributed by atoms with Gasteiger partial charge in [-0.25, -0.2) is 9.13 Å². The molecule has 0 saturated heterocycles. The molecule has 0 saturated carbocycles. The zero-order valence-electron chi connectivity index (χ0n) is 9.58. The molecule has 0 fully saturated rings. The van der Waals surface area contributed by atoms with Gasteiger partial charge in [0.1, 0.15) is 12.4 Å². The Morgan fingerprint density at radius 2 is 2.20 bits per heavy atom. The van der Waals surface area contributed by atoms with Gasteiger partial charge in [-0.3, -0.25) is 0 Å². The lowest BCUT2D eigenvalue weighted by Gasteiger charge is -2.09. The molecule has 1 aromatic heterocycles. The number of imidazole rings is 1. The summed E-state index contributed by atoms with van der Waals surface area (Å²) in [4.78, 5) is 0. The first-order valence-electron chi connectivity index (χ1n) is 5.99. The third-order valence-electron chi connectivity index (χ3n) is 3.14. The van der Waals surface area contributed by atoms with Gasteiger partial charge in [-0.15, -0.1) is 0 Å². The first kappa shape index (κ1) is 12.8. The van der Waals surface area contributed by atoms with Crippen molar-refractivity contribution in [2.75, 3.05) is 0 Å². The highest BCUT2D eigenvalue weighted by atomic mass is 79.9. The molecule has 0 unspecified atom stereocenters. The first-order chi connectivity index (χ1) is 6.92. The minimum atomic E-state index is 0. The van der Waals surface area contributed by atoms with Crippen LogP contribution in [0.1, 0.15) is 44.9 Å². The number of rotatable bonds is 4. The molecule has 1 aromatic rings. The fraction of sp³-hybridized carbons (Fsp3) is 0.750. The molecule has 1 aliphatic rings. The second-order valence-corrected chi connectivity index (χ2v) is 4.27. The van der Waals surface area contributed by atoms with Gasteiger partial charge in [-0.05, 0) is 25.7 Å². The molecule has 86 valence electrons. The van der Waals surface area contributed by atoms with Crippen LogP contribution in [0.2, 0.25) is 0 Å². The van der Waals surface area contributed by atoms with Gasteiger partial charge in [-0.1, -0.05) is 13.3 Å². The van der Waals surface area contributed by atoms with Crippen molar-refractivity contribution in [2.45, 2.75) is 58.5 Å². The minimum absolute atomic E-state index is 0. The number of aromatic nitrogens is 2. The van der Waals surface area contributed by atoms with Crippen molar-refractivity contribution >= 4 is 0 Å². The lowest BCUT2D eigenvalue weighted by Crippen LogP contribution is -3.00. The van der Waals surface area contributed by atoms with E-state index in [1.807, 2.05) is 0 Å². The fourth-order valence-electron chi connectivity index (χ4n) is 2.29. The zero-order chi connectivity index (χ0) is 9.80. The van der Waals surface area contributed by atoms with E-state index < -0.39 is 0 Å². The fourth-order valence-corrected chi connectivity index (χ4v) is 2.29. The Hall–Kier alpha value is -0.310. The average molecular weight is 273 g/mol. The predicted octanol–water partition coefficient (Wildman–Crippen LogP) is -0.694. The van der Waals surface area contributed by atoms with Crippen molar-refractivity contribution in [3.8, 4) is 0 Å². The van der Waals surface area contributed by atoms with E-state index in [2.05, 4.69) is 28.5 Å². The normalized spacial score (nSPS) is 14.5. The summed E-state index contributed by atoms with van der Waals surface area (Å²) >= 11 is 0. The largest absolute Gasteiger partial charge is 1.00 e. The molecule has 2 rings (SSSR count). The van der Waals surface area contributed by atoms with Crippen LogP contribution in [-0.4, -0.2) is 4.57 Å². The highest BCUT2D eigenvalue weighted by molar-refractivity contribution is 4.87. The van der Waals surface area contributed by atoms with Crippen LogP contribution in [0, 0.1) is 0 Å². The van der Waals surface area contributed by atoms with Gasteiger partial charge in [0, 0.05) is 6.42 Å². The molecule has 0 aliphatic carbocycles. The summed E-state index contributed by atoms with van der Waals surface area (Å²) in [5, 5.41) is 0. The SMILES string of the molecule is CCCCC[n+]1ccn2c1CCCC2.[Br-]. The highest BCUT2D eigenvalue weighted by Gasteiger charge is 2.19. The molecule has 1 aliphatic heterocycles. The van der Waals surface area contributed by atoms with E-state index in [0.717, 1.165) is 0 Å². The maximum absolute atomic E-state index is 2.45. The number of hydrogen-bond donors (Lipinski definition) is 0. The number of unbranched alkanes of at least 4 members (excludes halogenated alkanes) is 2. The van der Waals surface area contributed by atoms with Crippen LogP contribution < -0.4 is 21.5 Å². The molecule has 0 aromatic carbocycles. The van der Waals surface area contributed by atoms with E-state index in [1.165, 1.54) is 51.6 Å². The zero-order valence-corrected chi connectivity index (χ0v) is 11.2. The van der Waals surface area contributed by atoms with E-state index in [-0.39, 0.29) is 17.0 Å². The number of nitrogens with zero attached hydrogens (tertiary/aromatic N) is 2. The van der Waals surface area contributed by atoms with Crippen LogP contribution in [-0.2, 0) is 19.5 Å². The van der Waals surface area contributed by atoms with E-state index in [9.17, 15) is 0 Å². The number of aryl methyl sites for hydroxylation is 2. The first-order valence-corrected chi connectivity index (χ1v) is 5.99. The van der Waals surface area contributed by atoms with Crippen LogP contribution in [0.3, 0.4) is 0 Å². The molecule has 0 atom stereocenters. The Balaban J connectivity index is 0.00000112. The summed E-state index contributed by atoms with van der Waals surface area (Å²) in [6.07, 6.45) is 12.5. The van der Waals surface area contributed by atoms with E-state index in [4.69, 9.17) is 0 Å². The summed E-state index contributed by atoms with van der Waals surface area (Å²) < 4.78 is 4.88. The van der Waals surface area contributed by atoms with Crippen molar-refractivity contribution in [2.24, 2.45) is 0 Å². The van der Waals surface area contributed by atoms with Crippen LogP contribution in [0.4, 0.5) is 0 Å². The molecular weight excluding hydrogens is 252 g/mol. The summed E-state index contributed by atoms with van der Waals surface area (Å²) in [6.45, 7) is 4.71. The summed E-state index contributed by atoms with van der Waals surface area (Å²) in [6, 6.07) is 0. The van der Waals surface area contributed by atoms with Gasteiger partial charge in [0.05, 0.1) is 13.1 Å². The summed E-state index contributed by atoms with van der Waals surface area (Å²) in [5.41, 5.74) is 0. The smallest absolute Gasteiger partial charge is 0.256 e. The molecule has 0 N–H and O–H groups in total. The van der Waals surface area contributed by atoms with Gasteiger partial charge < -0.3 is 17.0 Å². The van der Waals surface area contributed by atoms with Crippen LogP contribution >= 0.6 is 0 Å². The van der Waals surface area contributed by atoms with Crippen LogP contribution in [0.5, 0.6) is 0 Å². The topological polar surface area (TPSA) is 8.81 Å². The second kappa shape index (κ2) is 6.31.